The molecule has 7 heteroatoms. The normalized spacial score (nSPS) is 13.1. The van der Waals surface area contributed by atoms with Crippen LogP contribution in [0.25, 0.3) is 22.2 Å². The van der Waals surface area contributed by atoms with Crippen molar-refractivity contribution in [2.45, 2.75) is 19.8 Å². The molecule has 5 rings (SSSR count). The lowest BCUT2D eigenvalue weighted by Crippen LogP contribution is -2.30. The van der Waals surface area contributed by atoms with Gasteiger partial charge in [0.1, 0.15) is 24.2 Å². The van der Waals surface area contributed by atoms with Gasteiger partial charge in [0, 0.05) is 17.8 Å². The molecule has 4 aromatic rings. The molecular weight excluding hydrogens is 383 g/mol. The largest absolute Gasteiger partial charge is 0.445 e. The van der Waals surface area contributed by atoms with E-state index in [1.807, 2.05) is 31.2 Å². The smallest absolute Gasteiger partial charge is 0.231 e. The predicted octanol–water partition coefficient (Wildman–Crippen LogP) is 4.05. The van der Waals surface area contributed by atoms with Crippen molar-refractivity contribution in [1.82, 2.24) is 9.97 Å². The van der Waals surface area contributed by atoms with Crippen LogP contribution in [0, 0.1) is 12.7 Å². The molecule has 2 aromatic heterocycles. The number of aromatic nitrogens is 2. The van der Waals surface area contributed by atoms with Crippen LogP contribution in [0.1, 0.15) is 16.7 Å². The van der Waals surface area contributed by atoms with E-state index in [9.17, 15) is 9.18 Å². The number of rotatable bonds is 3. The summed E-state index contributed by atoms with van der Waals surface area (Å²) in [6, 6.07) is 10.6. The van der Waals surface area contributed by atoms with Crippen molar-refractivity contribution in [3.8, 4) is 11.1 Å². The fraction of sp³-hybridized carbons (Fsp3) is 0.174. The lowest BCUT2D eigenvalue weighted by molar-refractivity contribution is -0.117. The minimum Gasteiger partial charge on any atom is -0.445 e. The summed E-state index contributed by atoms with van der Waals surface area (Å²) in [5.41, 5.74) is 11.7. The molecule has 0 radical (unpaired) electrons. The standard InChI is InChI=1S/C23H19FN4O2/c1-13-6-14(8-17(24)7-13)9-20(29)28-5-4-16-10-15(2-3-19(16)28)18-11-30-23-21(18)22(25)26-12-27-23/h2-3,6-8,10-12H,4-5,9H2,1H3,(H2,25,26,27). The van der Waals surface area contributed by atoms with Crippen molar-refractivity contribution >= 4 is 28.5 Å². The van der Waals surface area contributed by atoms with Gasteiger partial charge in [-0.25, -0.2) is 14.4 Å². The van der Waals surface area contributed by atoms with Crippen molar-refractivity contribution < 1.29 is 13.6 Å². The number of hydrogen-bond acceptors (Lipinski definition) is 5. The Labute approximate surface area is 172 Å². The van der Waals surface area contributed by atoms with Gasteiger partial charge in [-0.1, -0.05) is 12.1 Å². The first-order chi connectivity index (χ1) is 14.5. The van der Waals surface area contributed by atoms with Crippen molar-refractivity contribution in [2.75, 3.05) is 17.2 Å². The minimum absolute atomic E-state index is 0.0436. The number of carbonyl (C=O) groups excluding carboxylic acids is 1. The van der Waals surface area contributed by atoms with Gasteiger partial charge in [0.15, 0.2) is 0 Å². The second kappa shape index (κ2) is 6.95. The molecule has 6 nitrogen and oxygen atoms in total. The number of nitrogens with zero attached hydrogens (tertiary/aromatic N) is 3. The zero-order chi connectivity index (χ0) is 20.8. The van der Waals surface area contributed by atoms with Gasteiger partial charge < -0.3 is 15.1 Å². The highest BCUT2D eigenvalue weighted by atomic mass is 19.1. The molecule has 0 atom stereocenters. The zero-order valence-electron chi connectivity index (χ0n) is 16.4. The van der Waals surface area contributed by atoms with Crippen molar-refractivity contribution in [1.29, 1.82) is 0 Å². The van der Waals surface area contributed by atoms with Crippen LogP contribution in [0.15, 0.2) is 53.4 Å². The van der Waals surface area contributed by atoms with Crippen LogP contribution >= 0.6 is 0 Å². The highest BCUT2D eigenvalue weighted by molar-refractivity contribution is 6.00. The van der Waals surface area contributed by atoms with Gasteiger partial charge in [-0.05, 0) is 59.9 Å². The predicted molar refractivity (Wildman–Crippen MR) is 113 cm³/mol. The molecule has 2 N–H and O–H groups in total. The summed E-state index contributed by atoms with van der Waals surface area (Å²) in [5, 5.41) is 0.685. The number of amides is 1. The first kappa shape index (κ1) is 18.3. The number of benzene rings is 2. The Kier molecular flexibility index (Phi) is 4.24. The Bertz CT molecular complexity index is 1280. The lowest BCUT2D eigenvalue weighted by Gasteiger charge is -2.18. The number of fused-ring (bicyclic) bond motifs is 2. The molecule has 3 heterocycles. The molecule has 0 aliphatic carbocycles. The molecule has 0 bridgehead atoms. The Balaban J connectivity index is 1.44. The SMILES string of the molecule is Cc1cc(F)cc(CC(=O)N2CCc3cc(-c4coc5ncnc(N)c45)ccc32)c1. The molecule has 0 saturated heterocycles. The summed E-state index contributed by atoms with van der Waals surface area (Å²) in [7, 11) is 0. The van der Waals surface area contributed by atoms with Crippen molar-refractivity contribution in [3.05, 3.63) is 71.5 Å². The van der Waals surface area contributed by atoms with E-state index in [0.717, 1.165) is 34.4 Å². The molecular formula is C23H19FN4O2. The average molecular weight is 402 g/mol. The first-order valence-electron chi connectivity index (χ1n) is 9.67. The quantitative estimate of drug-likeness (QED) is 0.559. The number of hydrogen-bond donors (Lipinski definition) is 1. The molecule has 0 saturated carbocycles. The summed E-state index contributed by atoms with van der Waals surface area (Å²) in [5.74, 6) is 0.00389. The average Bonchev–Trinajstić information content (AvgIpc) is 3.31. The molecule has 0 fully saturated rings. The highest BCUT2D eigenvalue weighted by Gasteiger charge is 2.26. The van der Waals surface area contributed by atoms with Gasteiger partial charge in [-0.3, -0.25) is 4.79 Å². The number of anilines is 2. The molecule has 30 heavy (non-hydrogen) atoms. The molecule has 1 aliphatic heterocycles. The van der Waals surface area contributed by atoms with E-state index >= 15 is 0 Å². The van der Waals surface area contributed by atoms with Crippen LogP contribution in [-0.4, -0.2) is 22.4 Å². The molecule has 2 aromatic carbocycles. The van der Waals surface area contributed by atoms with E-state index in [-0.39, 0.29) is 18.1 Å². The van der Waals surface area contributed by atoms with Crippen molar-refractivity contribution in [3.63, 3.8) is 0 Å². The zero-order valence-corrected chi connectivity index (χ0v) is 16.4. The van der Waals surface area contributed by atoms with Crippen LogP contribution in [0.5, 0.6) is 0 Å². The topological polar surface area (TPSA) is 85.2 Å². The van der Waals surface area contributed by atoms with Crippen LogP contribution in [0.2, 0.25) is 0 Å². The monoisotopic (exact) mass is 402 g/mol. The van der Waals surface area contributed by atoms with Crippen molar-refractivity contribution in [2.24, 2.45) is 0 Å². The van der Waals surface area contributed by atoms with E-state index in [0.29, 0.717) is 29.0 Å². The number of nitrogen functional groups attached to an aromatic ring is 1. The van der Waals surface area contributed by atoms with Gasteiger partial charge in [-0.15, -0.1) is 0 Å². The minimum atomic E-state index is -0.320. The third-order valence-corrected chi connectivity index (χ3v) is 5.44. The first-order valence-corrected chi connectivity index (χ1v) is 9.67. The van der Waals surface area contributed by atoms with Gasteiger partial charge in [0.05, 0.1) is 11.8 Å². The molecule has 1 amide bonds. The summed E-state index contributed by atoms with van der Waals surface area (Å²) >= 11 is 0. The number of halogens is 1. The summed E-state index contributed by atoms with van der Waals surface area (Å²) in [6.07, 6.45) is 3.91. The Morgan fingerprint density at radius 1 is 1.23 bits per heavy atom. The van der Waals surface area contributed by atoms with Crippen LogP contribution in [-0.2, 0) is 17.6 Å². The van der Waals surface area contributed by atoms with Gasteiger partial charge in [0.25, 0.3) is 0 Å². The van der Waals surface area contributed by atoms with E-state index in [1.54, 1.807) is 11.2 Å². The van der Waals surface area contributed by atoms with Gasteiger partial charge in [0.2, 0.25) is 11.6 Å². The van der Waals surface area contributed by atoms with Gasteiger partial charge in [-0.2, -0.15) is 0 Å². The van der Waals surface area contributed by atoms with Crippen LogP contribution in [0.4, 0.5) is 15.9 Å². The molecule has 1 aliphatic rings. The molecule has 0 spiro atoms. The van der Waals surface area contributed by atoms with E-state index in [4.69, 9.17) is 10.2 Å². The van der Waals surface area contributed by atoms with Crippen LogP contribution in [0.3, 0.4) is 0 Å². The number of carbonyl (C=O) groups is 1. The summed E-state index contributed by atoms with van der Waals surface area (Å²) in [4.78, 5) is 22.8. The Morgan fingerprint density at radius 3 is 2.93 bits per heavy atom. The highest BCUT2D eigenvalue weighted by Crippen LogP contribution is 2.37. The number of aryl methyl sites for hydroxylation is 1. The maximum absolute atomic E-state index is 13.7. The summed E-state index contributed by atoms with van der Waals surface area (Å²) in [6.45, 7) is 2.42. The molecule has 150 valence electrons. The fourth-order valence-corrected chi connectivity index (χ4v) is 4.12. The van der Waals surface area contributed by atoms with Gasteiger partial charge >= 0.3 is 0 Å². The molecule has 0 unspecified atom stereocenters. The maximum atomic E-state index is 13.7. The lowest BCUT2D eigenvalue weighted by atomic mass is 10.0. The van der Waals surface area contributed by atoms with Crippen LogP contribution < -0.4 is 10.6 Å². The number of furan rings is 1. The third kappa shape index (κ3) is 3.08. The third-order valence-electron chi connectivity index (χ3n) is 5.44. The maximum Gasteiger partial charge on any atom is 0.231 e. The fourth-order valence-electron chi connectivity index (χ4n) is 4.12. The second-order valence-electron chi connectivity index (χ2n) is 7.54. The Hall–Kier alpha value is -3.74. The Morgan fingerprint density at radius 2 is 2.10 bits per heavy atom. The van der Waals surface area contributed by atoms with E-state index in [1.165, 1.54) is 18.5 Å². The second-order valence-corrected chi connectivity index (χ2v) is 7.54. The number of nitrogens with two attached hydrogens (primary N) is 1. The summed E-state index contributed by atoms with van der Waals surface area (Å²) < 4.78 is 19.2. The van der Waals surface area contributed by atoms with E-state index in [2.05, 4.69) is 9.97 Å². The van der Waals surface area contributed by atoms with E-state index < -0.39 is 0 Å².